The first-order chi connectivity index (χ1) is 13.7. The lowest BCUT2D eigenvalue weighted by atomic mass is 9.88. The molecule has 2 aliphatic rings. The Morgan fingerprint density at radius 1 is 1.03 bits per heavy atom. The van der Waals surface area contributed by atoms with E-state index in [0.717, 1.165) is 12.1 Å². The maximum atomic E-state index is 13.1. The van der Waals surface area contributed by atoms with Crippen LogP contribution in [0.1, 0.15) is 42.4 Å². The van der Waals surface area contributed by atoms with Gasteiger partial charge in [-0.25, -0.2) is 17.7 Å². The van der Waals surface area contributed by atoms with Crippen molar-refractivity contribution in [1.29, 1.82) is 0 Å². The third-order valence-corrected chi connectivity index (χ3v) is 7.28. The summed E-state index contributed by atoms with van der Waals surface area (Å²) in [5.41, 5.74) is -3.81. The van der Waals surface area contributed by atoms with Crippen LogP contribution in [-0.4, -0.2) is 49.7 Å². The van der Waals surface area contributed by atoms with Crippen LogP contribution in [0.15, 0.2) is 28.2 Å². The summed E-state index contributed by atoms with van der Waals surface area (Å²) in [6.45, 7) is 1.61. The molecule has 2 aliphatic heterocycles. The highest BCUT2D eigenvalue weighted by Gasteiger charge is 2.39. The van der Waals surface area contributed by atoms with Crippen molar-refractivity contribution >= 4 is 22.6 Å². The van der Waals surface area contributed by atoms with E-state index in [1.807, 2.05) is 0 Å². The van der Waals surface area contributed by atoms with Crippen LogP contribution in [0.4, 0.5) is 26.3 Å². The van der Waals surface area contributed by atoms with Gasteiger partial charge in [-0.05, 0) is 49.4 Å². The number of hydrogen-bond acceptors (Lipinski definition) is 4. The molecule has 1 aromatic rings. The van der Waals surface area contributed by atoms with Gasteiger partial charge < -0.3 is 0 Å². The third-order valence-electron chi connectivity index (χ3n) is 5.18. The highest BCUT2D eigenvalue weighted by molar-refractivity contribution is 7.89. The summed E-state index contributed by atoms with van der Waals surface area (Å²) in [5, 5.41) is 0. The van der Waals surface area contributed by atoms with Crippen LogP contribution >= 0.6 is 0 Å². The first-order valence-corrected chi connectivity index (χ1v) is 10.7. The summed E-state index contributed by atoms with van der Waals surface area (Å²) in [5.74, 6) is -0.923. The first kappa shape index (κ1) is 22.7. The summed E-state index contributed by atoms with van der Waals surface area (Å²) < 4.78 is 105. The molecular formula is C18H19F6N3O2S. The van der Waals surface area contributed by atoms with Crippen molar-refractivity contribution in [2.75, 3.05) is 18.8 Å². The number of hydrogen-bond donors (Lipinski definition) is 0. The van der Waals surface area contributed by atoms with Gasteiger partial charge in [0.15, 0.2) is 0 Å². The fourth-order valence-electron chi connectivity index (χ4n) is 3.61. The van der Waals surface area contributed by atoms with E-state index in [9.17, 15) is 34.8 Å². The second-order valence-electron chi connectivity index (χ2n) is 7.65. The Hall–Kier alpha value is -1.95. The van der Waals surface area contributed by atoms with Gasteiger partial charge in [-0.3, -0.25) is 4.99 Å². The number of alkyl halides is 6. The second-order valence-corrected chi connectivity index (χ2v) is 9.62. The molecule has 1 atom stereocenters. The Kier molecular flexibility index (Phi) is 5.78. The van der Waals surface area contributed by atoms with Gasteiger partial charge in [0.1, 0.15) is 11.9 Å². The molecule has 12 heteroatoms. The van der Waals surface area contributed by atoms with Crippen LogP contribution in [0.2, 0.25) is 0 Å². The van der Waals surface area contributed by atoms with Crippen molar-refractivity contribution in [3.63, 3.8) is 0 Å². The third kappa shape index (κ3) is 5.02. The summed E-state index contributed by atoms with van der Waals surface area (Å²) in [6, 6.07) is 1.52. The normalized spacial score (nSPS) is 24.0. The number of sulfonamides is 1. The number of piperidine rings is 1. The van der Waals surface area contributed by atoms with E-state index in [2.05, 4.69) is 9.98 Å². The molecule has 0 amide bonds. The molecule has 0 aromatic heterocycles. The Labute approximate surface area is 169 Å². The quantitative estimate of drug-likeness (QED) is 0.642. The van der Waals surface area contributed by atoms with E-state index in [0.29, 0.717) is 0 Å². The van der Waals surface area contributed by atoms with Gasteiger partial charge in [0, 0.05) is 19.3 Å². The van der Waals surface area contributed by atoms with Crippen molar-refractivity contribution in [2.45, 2.75) is 43.6 Å². The van der Waals surface area contributed by atoms with E-state index in [-0.39, 0.29) is 43.3 Å². The van der Waals surface area contributed by atoms with Crippen molar-refractivity contribution in [1.82, 2.24) is 4.31 Å². The molecule has 0 N–H and O–H groups in total. The van der Waals surface area contributed by atoms with E-state index < -0.39 is 45.0 Å². The Bertz CT molecular complexity index is 917. The molecular weight excluding hydrogens is 436 g/mol. The number of aliphatic imine (C=N–C) groups is 2. The minimum atomic E-state index is -4.92. The zero-order valence-electron chi connectivity index (χ0n) is 15.8. The van der Waals surface area contributed by atoms with Crippen LogP contribution in [0.25, 0.3) is 0 Å². The van der Waals surface area contributed by atoms with Crippen LogP contribution in [0, 0.1) is 0 Å². The molecule has 0 spiro atoms. The molecule has 0 unspecified atom stereocenters. The van der Waals surface area contributed by atoms with Crippen molar-refractivity contribution in [2.24, 2.45) is 9.98 Å². The molecule has 0 aliphatic carbocycles. The van der Waals surface area contributed by atoms with Gasteiger partial charge >= 0.3 is 12.4 Å². The zero-order valence-corrected chi connectivity index (χ0v) is 16.7. The second kappa shape index (κ2) is 7.63. The topological polar surface area (TPSA) is 62.1 Å². The van der Waals surface area contributed by atoms with E-state index >= 15 is 0 Å². The molecule has 1 fully saturated rings. The minimum absolute atomic E-state index is 0.00152. The monoisotopic (exact) mass is 455 g/mol. The van der Waals surface area contributed by atoms with Crippen molar-refractivity contribution in [3.8, 4) is 0 Å². The van der Waals surface area contributed by atoms with Crippen molar-refractivity contribution < 1.29 is 34.8 Å². The summed E-state index contributed by atoms with van der Waals surface area (Å²) in [6.07, 6.45) is -6.93. The van der Waals surface area contributed by atoms with E-state index in [4.69, 9.17) is 0 Å². The highest BCUT2D eigenvalue weighted by atomic mass is 32.2. The molecule has 2 heterocycles. The van der Waals surface area contributed by atoms with Gasteiger partial charge in [-0.1, -0.05) is 0 Å². The molecule has 0 saturated carbocycles. The average Bonchev–Trinajstić information content (AvgIpc) is 3.05. The summed E-state index contributed by atoms with van der Waals surface area (Å²) in [7, 11) is -3.73. The Morgan fingerprint density at radius 2 is 1.57 bits per heavy atom. The summed E-state index contributed by atoms with van der Waals surface area (Å²) in [4.78, 5) is 7.80. The molecule has 0 radical (unpaired) electrons. The van der Waals surface area contributed by atoms with Crippen LogP contribution in [0.3, 0.4) is 0 Å². The van der Waals surface area contributed by atoms with Gasteiger partial charge in [0.2, 0.25) is 10.0 Å². The lowest BCUT2D eigenvalue weighted by Crippen LogP contribution is -2.44. The standard InChI is InChI=1S/C18H19F6N3O2S/c1-16(9-25-11-26-16)10-30(28,29)27-4-2-12(3-5-27)13-6-14(17(19,20)21)8-15(7-13)18(22,23)24/h6-9,11-12H,2-5,10H2,1H3/t16-/m0/s1. The Balaban J connectivity index is 1.77. The van der Waals surface area contributed by atoms with E-state index in [1.165, 1.54) is 16.9 Å². The SMILES string of the molecule is C[C@@]1(CS(=O)(=O)N2CCC(c3cc(C(F)(F)F)cc(C(F)(F)F)c3)CC2)C=NC=N1. The largest absolute Gasteiger partial charge is 0.416 e. The van der Waals surface area contributed by atoms with Gasteiger partial charge in [0.05, 0.1) is 16.9 Å². The van der Waals surface area contributed by atoms with Crippen LogP contribution in [0.5, 0.6) is 0 Å². The smallest absolute Gasteiger partial charge is 0.260 e. The Morgan fingerprint density at radius 3 is 2.00 bits per heavy atom. The molecule has 166 valence electrons. The molecule has 3 rings (SSSR count). The summed E-state index contributed by atoms with van der Waals surface area (Å²) >= 11 is 0. The van der Waals surface area contributed by atoms with Gasteiger partial charge in [0.25, 0.3) is 0 Å². The van der Waals surface area contributed by atoms with Gasteiger partial charge in [-0.15, -0.1) is 0 Å². The predicted octanol–water partition coefficient (Wildman–Crippen LogP) is 4.10. The molecule has 5 nitrogen and oxygen atoms in total. The number of halogens is 6. The fraction of sp³-hybridized carbons (Fsp3) is 0.556. The average molecular weight is 455 g/mol. The maximum Gasteiger partial charge on any atom is 0.416 e. The predicted molar refractivity (Wildman–Crippen MR) is 99.2 cm³/mol. The van der Waals surface area contributed by atoms with Crippen LogP contribution < -0.4 is 0 Å². The molecule has 1 aromatic carbocycles. The molecule has 0 bridgehead atoms. The number of benzene rings is 1. The fourth-order valence-corrected chi connectivity index (χ4v) is 5.45. The number of rotatable bonds is 4. The molecule has 1 saturated heterocycles. The first-order valence-electron chi connectivity index (χ1n) is 9.05. The molecule has 30 heavy (non-hydrogen) atoms. The lowest BCUT2D eigenvalue weighted by Gasteiger charge is -2.33. The van der Waals surface area contributed by atoms with Crippen molar-refractivity contribution in [3.05, 3.63) is 34.9 Å². The highest BCUT2D eigenvalue weighted by Crippen LogP contribution is 2.39. The zero-order chi connectivity index (χ0) is 22.4. The van der Waals surface area contributed by atoms with E-state index in [1.54, 1.807) is 6.92 Å². The van der Waals surface area contributed by atoms with Crippen LogP contribution in [-0.2, 0) is 22.4 Å². The minimum Gasteiger partial charge on any atom is -0.260 e. The number of nitrogens with zero attached hydrogens (tertiary/aromatic N) is 3. The maximum absolute atomic E-state index is 13.1. The lowest BCUT2D eigenvalue weighted by molar-refractivity contribution is -0.143. The van der Waals surface area contributed by atoms with Gasteiger partial charge in [-0.2, -0.15) is 26.3 Å².